The van der Waals surface area contributed by atoms with Gasteiger partial charge in [0.05, 0.1) is 0 Å². The molecule has 0 atom stereocenters. The van der Waals surface area contributed by atoms with E-state index in [-0.39, 0.29) is 6.61 Å². The number of nitrogens with one attached hydrogen (secondary N) is 1. The normalized spacial score (nSPS) is 10.5. The van der Waals surface area contributed by atoms with Crippen molar-refractivity contribution in [3.63, 3.8) is 0 Å². The van der Waals surface area contributed by atoms with Gasteiger partial charge in [-0.25, -0.2) is 9.97 Å². The summed E-state index contributed by atoms with van der Waals surface area (Å²) in [5, 5.41) is 11.9. The Morgan fingerprint density at radius 3 is 2.89 bits per heavy atom. The highest BCUT2D eigenvalue weighted by molar-refractivity contribution is 5.55. The second-order valence-corrected chi connectivity index (χ2v) is 4.30. The summed E-state index contributed by atoms with van der Waals surface area (Å²) in [7, 11) is 1.93. The van der Waals surface area contributed by atoms with Gasteiger partial charge in [0.1, 0.15) is 23.7 Å². The van der Waals surface area contributed by atoms with E-state index in [0.29, 0.717) is 18.1 Å². The summed E-state index contributed by atoms with van der Waals surface area (Å²) in [4.78, 5) is 10.3. The van der Waals surface area contributed by atoms with Crippen molar-refractivity contribution in [1.82, 2.24) is 9.97 Å². The molecule has 0 unspecified atom stereocenters. The Bertz CT molecular complexity index is 527. The molecular formula is C13H18N4O2. The second kappa shape index (κ2) is 6.19. The van der Waals surface area contributed by atoms with Crippen LogP contribution in [0.5, 0.6) is 0 Å². The van der Waals surface area contributed by atoms with Crippen LogP contribution in [0.25, 0.3) is 0 Å². The quantitative estimate of drug-likeness (QED) is 0.828. The Hall–Kier alpha value is -2.08. The minimum atomic E-state index is 0.173. The van der Waals surface area contributed by atoms with Crippen LogP contribution in [0.3, 0.4) is 0 Å². The number of hydrogen-bond acceptors (Lipinski definition) is 6. The van der Waals surface area contributed by atoms with E-state index < -0.39 is 0 Å². The number of furan rings is 1. The van der Waals surface area contributed by atoms with E-state index in [9.17, 15) is 0 Å². The van der Waals surface area contributed by atoms with Crippen LogP contribution in [-0.4, -0.2) is 35.3 Å². The van der Waals surface area contributed by atoms with Crippen LogP contribution in [0.2, 0.25) is 0 Å². The largest absolute Gasteiger partial charge is 0.446 e. The molecule has 0 aliphatic rings. The number of aryl methyl sites for hydroxylation is 1. The number of aliphatic hydroxyl groups excluding tert-OH is 1. The molecule has 0 spiro atoms. The fourth-order valence-corrected chi connectivity index (χ4v) is 1.67. The molecule has 0 aromatic carbocycles. The summed E-state index contributed by atoms with van der Waals surface area (Å²) in [5.41, 5.74) is 0. The summed E-state index contributed by atoms with van der Waals surface area (Å²) in [5.74, 6) is 2.97. The average molecular weight is 262 g/mol. The van der Waals surface area contributed by atoms with E-state index in [1.54, 1.807) is 0 Å². The Labute approximate surface area is 112 Å². The zero-order valence-electron chi connectivity index (χ0n) is 11.1. The highest BCUT2D eigenvalue weighted by Gasteiger charge is 2.05. The van der Waals surface area contributed by atoms with Gasteiger partial charge in [0.15, 0.2) is 5.88 Å². The first kappa shape index (κ1) is 13.4. The van der Waals surface area contributed by atoms with Crippen LogP contribution in [0.15, 0.2) is 28.9 Å². The molecule has 6 nitrogen and oxygen atoms in total. The van der Waals surface area contributed by atoms with Crippen molar-refractivity contribution in [3.05, 3.63) is 30.3 Å². The van der Waals surface area contributed by atoms with Gasteiger partial charge in [-0.2, -0.15) is 0 Å². The first-order valence-electron chi connectivity index (χ1n) is 6.16. The lowest BCUT2D eigenvalue weighted by molar-refractivity contribution is 0.290. The molecule has 2 heterocycles. The molecule has 0 aliphatic heterocycles. The monoisotopic (exact) mass is 262 g/mol. The molecular weight excluding hydrogens is 244 g/mol. The highest BCUT2D eigenvalue weighted by atomic mass is 16.4. The zero-order valence-corrected chi connectivity index (χ0v) is 11.1. The van der Waals surface area contributed by atoms with Crippen molar-refractivity contribution in [2.24, 2.45) is 0 Å². The van der Waals surface area contributed by atoms with Gasteiger partial charge in [0.25, 0.3) is 0 Å². The van der Waals surface area contributed by atoms with Gasteiger partial charge in [0.2, 0.25) is 0 Å². The van der Waals surface area contributed by atoms with Crippen molar-refractivity contribution in [1.29, 1.82) is 0 Å². The molecule has 2 aromatic rings. The Kier molecular flexibility index (Phi) is 4.35. The van der Waals surface area contributed by atoms with Crippen LogP contribution in [0.1, 0.15) is 12.2 Å². The van der Waals surface area contributed by atoms with Crippen molar-refractivity contribution in [2.75, 3.05) is 30.4 Å². The highest BCUT2D eigenvalue weighted by Crippen LogP contribution is 2.19. The molecule has 2 aromatic heterocycles. The van der Waals surface area contributed by atoms with Gasteiger partial charge in [-0.3, -0.25) is 0 Å². The van der Waals surface area contributed by atoms with E-state index >= 15 is 0 Å². The number of aromatic nitrogens is 2. The lowest BCUT2D eigenvalue weighted by Crippen LogP contribution is -2.20. The topological polar surface area (TPSA) is 74.4 Å². The Morgan fingerprint density at radius 1 is 1.37 bits per heavy atom. The molecule has 0 bridgehead atoms. The molecule has 0 fully saturated rings. The predicted octanol–water partition coefficient (Wildman–Crippen LogP) is 1.94. The Morgan fingerprint density at radius 2 is 2.21 bits per heavy atom. The number of rotatable bonds is 6. The van der Waals surface area contributed by atoms with Gasteiger partial charge < -0.3 is 19.7 Å². The van der Waals surface area contributed by atoms with Crippen LogP contribution < -0.4 is 10.2 Å². The first-order chi connectivity index (χ1) is 9.19. The zero-order chi connectivity index (χ0) is 13.7. The van der Waals surface area contributed by atoms with Gasteiger partial charge in [-0.15, -0.1) is 0 Å². The molecule has 0 radical (unpaired) electrons. The fourth-order valence-electron chi connectivity index (χ4n) is 1.67. The molecule has 0 aliphatic carbocycles. The van der Waals surface area contributed by atoms with Gasteiger partial charge in [0, 0.05) is 32.3 Å². The lowest BCUT2D eigenvalue weighted by Gasteiger charge is -2.17. The van der Waals surface area contributed by atoms with Crippen LogP contribution in [-0.2, 0) is 0 Å². The summed E-state index contributed by atoms with van der Waals surface area (Å²) in [6.07, 6.45) is 2.21. The molecule has 0 saturated carbocycles. The van der Waals surface area contributed by atoms with Gasteiger partial charge in [-0.1, -0.05) is 0 Å². The molecule has 19 heavy (non-hydrogen) atoms. The number of nitrogens with zero attached hydrogens (tertiary/aromatic N) is 3. The standard InChI is InChI=1S/C13H18N4O2/c1-10-4-5-13(19-10)16-11-8-12(15-9-14-11)17(2)6-3-7-18/h4-5,8-9,18H,3,6-7H2,1-2H3,(H,14,15,16). The van der Waals surface area contributed by atoms with Gasteiger partial charge in [-0.05, 0) is 19.4 Å². The van der Waals surface area contributed by atoms with E-state index in [4.69, 9.17) is 9.52 Å². The van der Waals surface area contributed by atoms with Crippen LogP contribution in [0, 0.1) is 6.92 Å². The maximum absolute atomic E-state index is 8.83. The maximum Gasteiger partial charge on any atom is 0.198 e. The van der Waals surface area contributed by atoms with Crippen molar-refractivity contribution < 1.29 is 9.52 Å². The van der Waals surface area contributed by atoms with Crippen molar-refractivity contribution in [2.45, 2.75) is 13.3 Å². The summed E-state index contributed by atoms with van der Waals surface area (Å²) < 4.78 is 5.43. The molecule has 6 heteroatoms. The Balaban J connectivity index is 2.06. The molecule has 102 valence electrons. The summed E-state index contributed by atoms with van der Waals surface area (Å²) >= 11 is 0. The average Bonchev–Trinajstić information content (AvgIpc) is 2.81. The minimum Gasteiger partial charge on any atom is -0.446 e. The third kappa shape index (κ3) is 3.69. The molecule has 2 N–H and O–H groups in total. The third-order valence-corrected chi connectivity index (χ3v) is 2.69. The smallest absolute Gasteiger partial charge is 0.198 e. The van der Waals surface area contributed by atoms with Gasteiger partial charge >= 0.3 is 0 Å². The maximum atomic E-state index is 8.83. The summed E-state index contributed by atoms with van der Waals surface area (Å²) in [6.45, 7) is 2.80. The van der Waals surface area contributed by atoms with Crippen LogP contribution in [0.4, 0.5) is 17.5 Å². The SMILES string of the molecule is Cc1ccc(Nc2cc(N(C)CCCO)ncn2)o1. The molecule has 2 rings (SSSR count). The van der Waals surface area contributed by atoms with E-state index in [2.05, 4.69) is 15.3 Å². The minimum absolute atomic E-state index is 0.173. The van der Waals surface area contributed by atoms with E-state index in [1.165, 1.54) is 6.33 Å². The fraction of sp³-hybridized carbons (Fsp3) is 0.385. The molecule has 0 amide bonds. The predicted molar refractivity (Wildman–Crippen MR) is 73.7 cm³/mol. The number of hydrogen-bond donors (Lipinski definition) is 2. The second-order valence-electron chi connectivity index (χ2n) is 4.30. The summed E-state index contributed by atoms with van der Waals surface area (Å²) in [6, 6.07) is 5.58. The number of aliphatic hydroxyl groups is 1. The molecule has 0 saturated heterocycles. The van der Waals surface area contributed by atoms with E-state index in [0.717, 1.165) is 18.1 Å². The lowest BCUT2D eigenvalue weighted by atomic mass is 10.4. The third-order valence-electron chi connectivity index (χ3n) is 2.69. The van der Waals surface area contributed by atoms with Crippen molar-refractivity contribution in [3.8, 4) is 0 Å². The van der Waals surface area contributed by atoms with E-state index in [1.807, 2.05) is 37.1 Å². The number of anilines is 3. The van der Waals surface area contributed by atoms with Crippen molar-refractivity contribution >= 4 is 17.5 Å². The first-order valence-corrected chi connectivity index (χ1v) is 6.16. The van der Waals surface area contributed by atoms with Crippen LogP contribution >= 0.6 is 0 Å².